The van der Waals surface area contributed by atoms with Crippen molar-refractivity contribution in [3.8, 4) is 5.75 Å². The number of amides is 2. The van der Waals surface area contributed by atoms with E-state index in [1.807, 2.05) is 5.38 Å². The van der Waals surface area contributed by atoms with Crippen LogP contribution < -0.4 is 15.0 Å². The van der Waals surface area contributed by atoms with E-state index in [0.717, 1.165) is 11.0 Å². The molecule has 2 aromatic carbocycles. The van der Waals surface area contributed by atoms with Gasteiger partial charge in [0.25, 0.3) is 11.8 Å². The van der Waals surface area contributed by atoms with E-state index in [0.29, 0.717) is 16.3 Å². The van der Waals surface area contributed by atoms with Gasteiger partial charge in [-0.05, 0) is 53.9 Å². The van der Waals surface area contributed by atoms with Crippen LogP contribution in [0.2, 0.25) is 0 Å². The van der Waals surface area contributed by atoms with E-state index in [-0.39, 0.29) is 17.0 Å². The van der Waals surface area contributed by atoms with E-state index in [2.05, 4.69) is 5.32 Å². The van der Waals surface area contributed by atoms with Crippen molar-refractivity contribution in [3.63, 3.8) is 0 Å². The number of methoxy groups -OCH3 is 1. The van der Waals surface area contributed by atoms with E-state index in [1.165, 1.54) is 29.5 Å². The van der Waals surface area contributed by atoms with Crippen molar-refractivity contribution in [1.82, 2.24) is 0 Å². The van der Waals surface area contributed by atoms with Crippen molar-refractivity contribution in [2.24, 2.45) is 0 Å². The number of anilines is 2. The number of ether oxygens (including phenoxy) is 1. The Labute approximate surface area is 164 Å². The van der Waals surface area contributed by atoms with Crippen molar-refractivity contribution in [1.29, 1.82) is 0 Å². The van der Waals surface area contributed by atoms with Crippen LogP contribution in [0, 0.1) is 5.82 Å². The number of thiophene rings is 1. The molecule has 4 rings (SSSR count). The molecule has 0 bridgehead atoms. The van der Waals surface area contributed by atoms with Crippen molar-refractivity contribution in [2.75, 3.05) is 17.3 Å². The Kier molecular flexibility index (Phi) is 4.67. The number of rotatable bonds is 5. The Balaban J connectivity index is 1.77. The number of nitrogens with zero attached hydrogens (tertiary/aromatic N) is 1. The molecular formula is C21H15FN2O3S. The van der Waals surface area contributed by atoms with Gasteiger partial charge in [-0.2, -0.15) is 0 Å². The fraction of sp³-hybridized carbons (Fsp3) is 0.0476. The second-order valence-electron chi connectivity index (χ2n) is 6.01. The van der Waals surface area contributed by atoms with Gasteiger partial charge in [0, 0.05) is 10.6 Å². The van der Waals surface area contributed by atoms with Crippen LogP contribution in [0.3, 0.4) is 0 Å². The number of benzene rings is 2. The van der Waals surface area contributed by atoms with Gasteiger partial charge >= 0.3 is 0 Å². The van der Waals surface area contributed by atoms with Crippen LogP contribution in [-0.2, 0) is 9.59 Å². The van der Waals surface area contributed by atoms with E-state index in [1.54, 1.807) is 43.5 Å². The van der Waals surface area contributed by atoms with Crippen LogP contribution >= 0.6 is 11.3 Å². The summed E-state index contributed by atoms with van der Waals surface area (Å²) in [7, 11) is 1.57. The number of halogens is 1. The second kappa shape index (κ2) is 7.28. The molecule has 7 heteroatoms. The van der Waals surface area contributed by atoms with Crippen LogP contribution in [0.4, 0.5) is 15.8 Å². The highest BCUT2D eigenvalue weighted by Crippen LogP contribution is 2.35. The first-order valence-corrected chi connectivity index (χ1v) is 9.30. The Morgan fingerprint density at radius 1 is 1.00 bits per heavy atom. The smallest absolute Gasteiger partial charge is 0.282 e. The summed E-state index contributed by atoms with van der Waals surface area (Å²) in [5.41, 5.74) is 1.24. The van der Waals surface area contributed by atoms with E-state index >= 15 is 0 Å². The molecule has 2 heterocycles. The Hall–Kier alpha value is -3.45. The minimum absolute atomic E-state index is 0.155. The van der Waals surface area contributed by atoms with Crippen LogP contribution in [0.5, 0.6) is 5.75 Å². The molecule has 2 amide bonds. The minimum Gasteiger partial charge on any atom is -0.497 e. The van der Waals surface area contributed by atoms with Crippen molar-refractivity contribution in [2.45, 2.75) is 0 Å². The first-order chi connectivity index (χ1) is 13.6. The first-order valence-electron chi connectivity index (χ1n) is 8.42. The highest BCUT2D eigenvalue weighted by molar-refractivity contribution is 7.11. The summed E-state index contributed by atoms with van der Waals surface area (Å²) in [6.07, 6.45) is 0. The lowest BCUT2D eigenvalue weighted by Gasteiger charge is -2.15. The SMILES string of the molecule is COc1ccc(NC2=C(c3cccs3)C(=O)N(c3cccc(F)c3)C2=O)cc1. The third-order valence-electron chi connectivity index (χ3n) is 4.28. The number of hydrogen-bond donors (Lipinski definition) is 1. The summed E-state index contributed by atoms with van der Waals surface area (Å²) in [6.45, 7) is 0. The maximum absolute atomic E-state index is 13.7. The first kappa shape index (κ1) is 17.9. The monoisotopic (exact) mass is 394 g/mol. The molecule has 1 aromatic heterocycles. The van der Waals surface area contributed by atoms with Gasteiger partial charge in [0.05, 0.1) is 18.4 Å². The summed E-state index contributed by atoms with van der Waals surface area (Å²) in [5, 5.41) is 4.88. The summed E-state index contributed by atoms with van der Waals surface area (Å²) >= 11 is 1.36. The third kappa shape index (κ3) is 3.16. The molecule has 0 spiro atoms. The predicted octanol–water partition coefficient (Wildman–Crippen LogP) is 4.29. The zero-order valence-electron chi connectivity index (χ0n) is 14.8. The molecule has 0 saturated heterocycles. The van der Waals surface area contributed by atoms with Crippen molar-refractivity contribution < 1.29 is 18.7 Å². The molecule has 1 N–H and O–H groups in total. The van der Waals surface area contributed by atoms with Gasteiger partial charge in [-0.1, -0.05) is 12.1 Å². The highest BCUT2D eigenvalue weighted by atomic mass is 32.1. The molecule has 0 unspecified atom stereocenters. The second-order valence-corrected chi connectivity index (χ2v) is 6.95. The molecule has 0 fully saturated rings. The Morgan fingerprint density at radius 3 is 2.43 bits per heavy atom. The standard InChI is InChI=1S/C21H15FN2O3S/c1-27-16-9-7-14(8-10-16)23-19-18(17-6-3-11-28-17)20(25)24(21(19)26)15-5-2-4-13(22)12-15/h2-12,23H,1H3. The summed E-state index contributed by atoms with van der Waals surface area (Å²) < 4.78 is 18.8. The number of nitrogens with one attached hydrogen (secondary N) is 1. The van der Waals surface area contributed by atoms with Gasteiger partial charge in [-0.15, -0.1) is 11.3 Å². The lowest BCUT2D eigenvalue weighted by molar-refractivity contribution is -0.120. The van der Waals surface area contributed by atoms with Crippen LogP contribution in [0.15, 0.2) is 71.7 Å². The molecule has 140 valence electrons. The van der Waals surface area contributed by atoms with Crippen LogP contribution in [-0.4, -0.2) is 18.9 Å². The van der Waals surface area contributed by atoms with Crippen molar-refractivity contribution >= 4 is 40.1 Å². The van der Waals surface area contributed by atoms with Crippen LogP contribution in [0.25, 0.3) is 5.57 Å². The molecule has 0 aliphatic carbocycles. The minimum atomic E-state index is -0.533. The summed E-state index contributed by atoms with van der Waals surface area (Å²) in [5.74, 6) is -0.871. The molecule has 0 atom stereocenters. The van der Waals surface area contributed by atoms with Gasteiger partial charge < -0.3 is 10.1 Å². The molecule has 28 heavy (non-hydrogen) atoms. The Morgan fingerprint density at radius 2 is 1.79 bits per heavy atom. The summed E-state index contributed by atoms with van der Waals surface area (Å²) in [6, 6.07) is 16.0. The average Bonchev–Trinajstić information content (AvgIpc) is 3.29. The van der Waals surface area contributed by atoms with Gasteiger partial charge in [0.2, 0.25) is 0 Å². The number of carbonyl (C=O) groups excluding carboxylic acids is 2. The van der Waals surface area contributed by atoms with E-state index in [9.17, 15) is 14.0 Å². The average molecular weight is 394 g/mol. The lowest BCUT2D eigenvalue weighted by atomic mass is 10.2. The molecule has 0 radical (unpaired) electrons. The number of carbonyl (C=O) groups is 2. The number of imide groups is 1. The van der Waals surface area contributed by atoms with Gasteiger partial charge in [0.1, 0.15) is 17.3 Å². The third-order valence-corrected chi connectivity index (χ3v) is 5.16. The molecule has 1 aliphatic heterocycles. The van der Waals surface area contributed by atoms with E-state index in [4.69, 9.17) is 4.74 Å². The predicted molar refractivity (Wildman–Crippen MR) is 107 cm³/mol. The van der Waals surface area contributed by atoms with Crippen molar-refractivity contribution in [3.05, 3.63) is 82.4 Å². The van der Waals surface area contributed by atoms with Gasteiger partial charge in [0.15, 0.2) is 0 Å². The molecule has 3 aromatic rings. The van der Waals surface area contributed by atoms with Crippen LogP contribution in [0.1, 0.15) is 4.88 Å². The normalized spacial score (nSPS) is 14.0. The molecule has 5 nitrogen and oxygen atoms in total. The van der Waals surface area contributed by atoms with Gasteiger partial charge in [-0.3, -0.25) is 9.59 Å². The topological polar surface area (TPSA) is 58.6 Å². The summed E-state index contributed by atoms with van der Waals surface area (Å²) in [4.78, 5) is 27.9. The fourth-order valence-corrected chi connectivity index (χ4v) is 3.73. The highest BCUT2D eigenvalue weighted by Gasteiger charge is 2.40. The molecule has 1 aliphatic rings. The Bertz CT molecular complexity index is 1080. The fourth-order valence-electron chi connectivity index (χ4n) is 2.96. The quantitative estimate of drug-likeness (QED) is 0.656. The zero-order chi connectivity index (χ0) is 19.7. The maximum Gasteiger partial charge on any atom is 0.282 e. The molecule has 0 saturated carbocycles. The van der Waals surface area contributed by atoms with E-state index < -0.39 is 17.6 Å². The number of hydrogen-bond acceptors (Lipinski definition) is 5. The maximum atomic E-state index is 13.7. The largest absolute Gasteiger partial charge is 0.497 e. The molecular weight excluding hydrogens is 379 g/mol. The van der Waals surface area contributed by atoms with Gasteiger partial charge in [-0.25, -0.2) is 9.29 Å². The zero-order valence-corrected chi connectivity index (χ0v) is 15.6. The lowest BCUT2D eigenvalue weighted by Crippen LogP contribution is -2.32.